The molecule has 0 saturated heterocycles. The second kappa shape index (κ2) is 9.07. The zero-order chi connectivity index (χ0) is 18.4. The van der Waals surface area contributed by atoms with Crippen LogP contribution in [-0.2, 0) is 11.8 Å². The number of thioether (sulfide) groups is 1. The highest BCUT2D eigenvalue weighted by molar-refractivity contribution is 7.99. The lowest BCUT2D eigenvalue weighted by Gasteiger charge is -2.22. The van der Waals surface area contributed by atoms with Crippen LogP contribution >= 0.6 is 11.8 Å². The average Bonchev–Trinajstić information content (AvgIpc) is 3.02. The molecule has 0 unspecified atom stereocenters. The van der Waals surface area contributed by atoms with Gasteiger partial charge in [0.05, 0.1) is 12.4 Å². The van der Waals surface area contributed by atoms with E-state index < -0.39 is 0 Å². The zero-order valence-electron chi connectivity index (χ0n) is 15.4. The number of ether oxygens (including phenoxy) is 1. The second-order valence-corrected chi connectivity index (χ2v) is 7.46. The predicted molar refractivity (Wildman–Crippen MR) is 103 cm³/mol. The molecule has 140 valence electrons. The molecule has 1 N–H and O–H groups in total. The van der Waals surface area contributed by atoms with Crippen LogP contribution in [0.2, 0.25) is 0 Å². The molecule has 1 aliphatic rings. The molecule has 2 aromatic rings. The number of nitrogens with zero attached hydrogens (tertiary/aromatic N) is 3. The molecule has 1 heterocycles. The Morgan fingerprint density at radius 3 is 2.65 bits per heavy atom. The molecular formula is C19H26N4O2S. The maximum Gasteiger partial charge on any atom is 0.230 e. The van der Waals surface area contributed by atoms with Crippen molar-refractivity contribution in [2.75, 3.05) is 12.4 Å². The summed E-state index contributed by atoms with van der Waals surface area (Å²) in [5, 5.41) is 12.4. The molecule has 1 amide bonds. The summed E-state index contributed by atoms with van der Waals surface area (Å²) in [5.41, 5.74) is 0.974. The van der Waals surface area contributed by atoms with E-state index in [-0.39, 0.29) is 5.91 Å². The van der Waals surface area contributed by atoms with Crippen LogP contribution in [0.4, 0.5) is 0 Å². The fourth-order valence-electron chi connectivity index (χ4n) is 3.21. The van der Waals surface area contributed by atoms with Crippen LogP contribution in [0.3, 0.4) is 0 Å². The van der Waals surface area contributed by atoms with Gasteiger partial charge in [-0.1, -0.05) is 31.0 Å². The van der Waals surface area contributed by atoms with Crippen LogP contribution in [0.15, 0.2) is 29.4 Å². The highest BCUT2D eigenvalue weighted by atomic mass is 32.2. The van der Waals surface area contributed by atoms with Crippen LogP contribution in [0.25, 0.3) is 11.4 Å². The van der Waals surface area contributed by atoms with E-state index in [0.29, 0.717) is 18.4 Å². The zero-order valence-corrected chi connectivity index (χ0v) is 16.2. The van der Waals surface area contributed by atoms with Crippen molar-refractivity contribution in [1.29, 1.82) is 0 Å². The third-order valence-corrected chi connectivity index (χ3v) is 5.58. The average molecular weight is 375 g/mol. The van der Waals surface area contributed by atoms with Crippen molar-refractivity contribution >= 4 is 17.7 Å². The molecule has 7 heteroatoms. The number of nitrogens with one attached hydrogen (secondary N) is 1. The highest BCUT2D eigenvalue weighted by Gasteiger charge is 2.17. The Labute approximate surface area is 158 Å². The summed E-state index contributed by atoms with van der Waals surface area (Å²) < 4.78 is 7.39. The van der Waals surface area contributed by atoms with E-state index in [0.717, 1.165) is 35.1 Å². The number of benzene rings is 1. The number of rotatable bonds is 7. The van der Waals surface area contributed by atoms with Crippen LogP contribution in [-0.4, -0.2) is 39.1 Å². The van der Waals surface area contributed by atoms with Gasteiger partial charge in [0.15, 0.2) is 11.0 Å². The van der Waals surface area contributed by atoms with E-state index in [4.69, 9.17) is 4.74 Å². The number of carbonyl (C=O) groups is 1. The lowest BCUT2D eigenvalue weighted by Crippen LogP contribution is -2.37. The third-order valence-electron chi connectivity index (χ3n) is 4.56. The molecule has 0 aliphatic heterocycles. The van der Waals surface area contributed by atoms with E-state index in [2.05, 4.69) is 15.5 Å². The Hall–Kier alpha value is -2.02. The maximum atomic E-state index is 12.2. The van der Waals surface area contributed by atoms with E-state index in [1.54, 1.807) is 0 Å². The molecule has 3 rings (SSSR count). The molecular weight excluding hydrogens is 348 g/mol. The molecule has 1 aliphatic carbocycles. The summed E-state index contributed by atoms with van der Waals surface area (Å²) in [6, 6.07) is 8.14. The van der Waals surface area contributed by atoms with Gasteiger partial charge < -0.3 is 14.6 Å². The largest absolute Gasteiger partial charge is 0.494 e. The van der Waals surface area contributed by atoms with Crippen molar-refractivity contribution in [1.82, 2.24) is 20.1 Å². The first-order chi connectivity index (χ1) is 12.7. The molecule has 1 saturated carbocycles. The molecule has 1 fully saturated rings. The molecule has 0 bridgehead atoms. The molecule has 1 aromatic heterocycles. The lowest BCUT2D eigenvalue weighted by molar-refractivity contribution is -0.119. The summed E-state index contributed by atoms with van der Waals surface area (Å²) in [7, 11) is 1.92. The number of amides is 1. The Morgan fingerprint density at radius 2 is 1.96 bits per heavy atom. The number of carbonyl (C=O) groups excluding carboxylic acids is 1. The minimum Gasteiger partial charge on any atom is -0.494 e. The van der Waals surface area contributed by atoms with Crippen molar-refractivity contribution in [3.05, 3.63) is 24.3 Å². The van der Waals surface area contributed by atoms with E-state index in [1.165, 1.54) is 31.0 Å². The minimum atomic E-state index is 0.0764. The van der Waals surface area contributed by atoms with Gasteiger partial charge in [0.25, 0.3) is 0 Å². The molecule has 0 radical (unpaired) electrons. The van der Waals surface area contributed by atoms with Crippen LogP contribution in [0.5, 0.6) is 5.75 Å². The van der Waals surface area contributed by atoms with Gasteiger partial charge in [-0.25, -0.2) is 0 Å². The van der Waals surface area contributed by atoms with Gasteiger partial charge in [-0.3, -0.25) is 4.79 Å². The third kappa shape index (κ3) is 4.78. The maximum absolute atomic E-state index is 12.2. The smallest absolute Gasteiger partial charge is 0.230 e. The van der Waals surface area contributed by atoms with Crippen LogP contribution in [0, 0.1) is 0 Å². The van der Waals surface area contributed by atoms with Crippen molar-refractivity contribution in [2.45, 2.75) is 50.2 Å². The summed E-state index contributed by atoms with van der Waals surface area (Å²) in [6.07, 6.45) is 5.92. The van der Waals surface area contributed by atoms with Crippen molar-refractivity contribution in [2.24, 2.45) is 7.05 Å². The number of hydrogen-bond acceptors (Lipinski definition) is 5. The van der Waals surface area contributed by atoms with Crippen LogP contribution < -0.4 is 10.1 Å². The predicted octanol–water partition coefficient (Wildman–Crippen LogP) is 3.42. The van der Waals surface area contributed by atoms with Gasteiger partial charge in [0, 0.05) is 18.7 Å². The summed E-state index contributed by atoms with van der Waals surface area (Å²) in [6.45, 7) is 2.61. The minimum absolute atomic E-state index is 0.0764. The number of hydrogen-bond donors (Lipinski definition) is 1. The normalized spacial score (nSPS) is 15.0. The van der Waals surface area contributed by atoms with Crippen molar-refractivity contribution in [3.8, 4) is 17.1 Å². The molecule has 6 nitrogen and oxygen atoms in total. The Balaban J connectivity index is 1.57. The van der Waals surface area contributed by atoms with E-state index >= 15 is 0 Å². The van der Waals surface area contributed by atoms with Gasteiger partial charge in [0.1, 0.15) is 5.75 Å². The Kier molecular flexibility index (Phi) is 6.55. The fourth-order valence-corrected chi connectivity index (χ4v) is 3.93. The van der Waals surface area contributed by atoms with Crippen molar-refractivity contribution < 1.29 is 9.53 Å². The summed E-state index contributed by atoms with van der Waals surface area (Å²) >= 11 is 1.42. The quantitative estimate of drug-likeness (QED) is 0.752. The molecule has 26 heavy (non-hydrogen) atoms. The van der Waals surface area contributed by atoms with Gasteiger partial charge in [-0.2, -0.15) is 0 Å². The SMILES string of the molecule is CCOc1ccc(-c2nnc(SCC(=O)NC3CCCCC3)n2C)cc1. The van der Waals surface area contributed by atoms with Crippen molar-refractivity contribution in [3.63, 3.8) is 0 Å². The lowest BCUT2D eigenvalue weighted by atomic mass is 9.95. The first kappa shape index (κ1) is 18.8. The number of aromatic nitrogens is 3. The monoisotopic (exact) mass is 374 g/mol. The molecule has 1 aromatic carbocycles. The summed E-state index contributed by atoms with van der Waals surface area (Å²) in [5.74, 6) is 2.06. The molecule has 0 spiro atoms. The summed E-state index contributed by atoms with van der Waals surface area (Å²) in [4.78, 5) is 12.2. The fraction of sp³-hybridized carbons (Fsp3) is 0.526. The van der Waals surface area contributed by atoms with Crippen LogP contribution in [0.1, 0.15) is 39.0 Å². The van der Waals surface area contributed by atoms with E-state index in [1.807, 2.05) is 42.8 Å². The van der Waals surface area contributed by atoms with Gasteiger partial charge >= 0.3 is 0 Å². The van der Waals surface area contributed by atoms with E-state index in [9.17, 15) is 4.79 Å². The highest BCUT2D eigenvalue weighted by Crippen LogP contribution is 2.24. The topological polar surface area (TPSA) is 69.0 Å². The van der Waals surface area contributed by atoms with Gasteiger partial charge in [-0.15, -0.1) is 10.2 Å². The van der Waals surface area contributed by atoms with Gasteiger partial charge in [0.2, 0.25) is 5.91 Å². The standard InChI is InChI=1S/C19H26N4O2S/c1-3-25-16-11-9-14(10-12-16)18-21-22-19(23(18)2)26-13-17(24)20-15-7-5-4-6-8-15/h9-12,15H,3-8,13H2,1-2H3,(H,20,24). The Bertz CT molecular complexity index is 724. The Morgan fingerprint density at radius 1 is 1.23 bits per heavy atom. The van der Waals surface area contributed by atoms with Gasteiger partial charge in [-0.05, 0) is 44.0 Å². The first-order valence-corrected chi connectivity index (χ1v) is 10.2. The first-order valence-electron chi connectivity index (χ1n) is 9.22. The second-order valence-electron chi connectivity index (χ2n) is 6.51. The molecule has 0 atom stereocenters.